The number of nitrogens with one attached hydrogen (secondary N) is 1. The van der Waals surface area contributed by atoms with Crippen molar-refractivity contribution in [2.75, 3.05) is 18.5 Å². The Hall–Kier alpha value is -2.85. The molecule has 6 nitrogen and oxygen atoms in total. The standard InChI is InChI=1S/C18H18N2O4S/c1-3-14-9-15(18(22)23-4-2)17(25-14)20-16(21)11-24-13-7-5-12(10-19)6-8-13/h5-9H,3-4,11H2,1-2H3,(H,20,21). The third-order valence-corrected chi connectivity index (χ3v) is 4.43. The van der Waals surface area contributed by atoms with Gasteiger partial charge in [-0.1, -0.05) is 6.92 Å². The normalized spacial score (nSPS) is 9.96. The highest BCUT2D eigenvalue weighted by Crippen LogP contribution is 2.29. The largest absolute Gasteiger partial charge is 0.484 e. The summed E-state index contributed by atoms with van der Waals surface area (Å²) in [6.07, 6.45) is 0.759. The minimum Gasteiger partial charge on any atom is -0.484 e. The summed E-state index contributed by atoms with van der Waals surface area (Å²) in [7, 11) is 0. The molecule has 2 aromatic rings. The quantitative estimate of drug-likeness (QED) is 0.767. The summed E-state index contributed by atoms with van der Waals surface area (Å²) < 4.78 is 10.4. The van der Waals surface area contributed by atoms with Gasteiger partial charge in [-0.05, 0) is 43.7 Å². The van der Waals surface area contributed by atoms with Crippen LogP contribution in [0.5, 0.6) is 5.75 Å². The van der Waals surface area contributed by atoms with Gasteiger partial charge in [0, 0.05) is 4.88 Å². The Kier molecular flexibility index (Phi) is 6.54. The first-order chi connectivity index (χ1) is 12.1. The van der Waals surface area contributed by atoms with Crippen molar-refractivity contribution >= 4 is 28.2 Å². The van der Waals surface area contributed by atoms with E-state index in [0.29, 0.717) is 21.9 Å². The molecule has 0 bridgehead atoms. The van der Waals surface area contributed by atoms with Crippen LogP contribution in [0.15, 0.2) is 30.3 Å². The number of carbonyl (C=O) groups excluding carboxylic acids is 2. The zero-order valence-electron chi connectivity index (χ0n) is 14.0. The SMILES string of the molecule is CCOC(=O)c1cc(CC)sc1NC(=O)COc1ccc(C#N)cc1. The molecule has 2 rings (SSSR count). The summed E-state index contributed by atoms with van der Waals surface area (Å²) in [6.45, 7) is 3.77. The highest BCUT2D eigenvalue weighted by atomic mass is 32.1. The second-order valence-corrected chi connectivity index (χ2v) is 6.14. The van der Waals surface area contributed by atoms with Crippen molar-refractivity contribution in [1.82, 2.24) is 0 Å². The molecule has 1 aromatic carbocycles. The van der Waals surface area contributed by atoms with Crippen LogP contribution in [-0.4, -0.2) is 25.1 Å². The number of rotatable bonds is 7. The Morgan fingerprint density at radius 2 is 1.96 bits per heavy atom. The van der Waals surface area contributed by atoms with E-state index in [-0.39, 0.29) is 19.1 Å². The Labute approximate surface area is 150 Å². The van der Waals surface area contributed by atoms with Crippen LogP contribution in [-0.2, 0) is 16.0 Å². The third-order valence-electron chi connectivity index (χ3n) is 3.23. The van der Waals surface area contributed by atoms with Crippen LogP contribution in [0.1, 0.15) is 34.6 Å². The van der Waals surface area contributed by atoms with E-state index >= 15 is 0 Å². The van der Waals surface area contributed by atoms with E-state index in [1.54, 1.807) is 37.3 Å². The molecule has 1 amide bonds. The number of aryl methyl sites for hydroxylation is 1. The first-order valence-electron chi connectivity index (χ1n) is 7.80. The first-order valence-corrected chi connectivity index (χ1v) is 8.61. The monoisotopic (exact) mass is 358 g/mol. The Morgan fingerprint density at radius 1 is 1.24 bits per heavy atom. The van der Waals surface area contributed by atoms with Crippen LogP contribution < -0.4 is 10.1 Å². The predicted octanol–water partition coefficient (Wildman–Crippen LogP) is 3.38. The molecule has 0 fully saturated rings. The van der Waals surface area contributed by atoms with Crippen LogP contribution in [0.2, 0.25) is 0 Å². The minimum absolute atomic E-state index is 0.201. The zero-order chi connectivity index (χ0) is 18.2. The fourth-order valence-corrected chi connectivity index (χ4v) is 3.01. The predicted molar refractivity (Wildman–Crippen MR) is 94.9 cm³/mol. The van der Waals surface area contributed by atoms with Crippen molar-refractivity contribution in [2.24, 2.45) is 0 Å². The second-order valence-electron chi connectivity index (χ2n) is 5.00. The van der Waals surface area contributed by atoms with Crippen LogP contribution in [0, 0.1) is 11.3 Å². The Bertz CT molecular complexity index is 790. The van der Waals surface area contributed by atoms with E-state index < -0.39 is 5.97 Å². The van der Waals surface area contributed by atoms with Crippen molar-refractivity contribution in [3.8, 4) is 11.8 Å². The molecule has 130 valence electrons. The molecule has 25 heavy (non-hydrogen) atoms. The van der Waals surface area contributed by atoms with Gasteiger partial charge in [0.05, 0.1) is 23.8 Å². The number of carbonyl (C=O) groups is 2. The van der Waals surface area contributed by atoms with E-state index in [1.165, 1.54) is 11.3 Å². The third kappa shape index (κ3) is 5.06. The van der Waals surface area contributed by atoms with Gasteiger partial charge in [0.1, 0.15) is 10.8 Å². The van der Waals surface area contributed by atoms with Gasteiger partial charge in [0.2, 0.25) is 0 Å². The molecular formula is C18H18N2O4S. The lowest BCUT2D eigenvalue weighted by atomic mass is 10.2. The molecule has 0 unspecified atom stereocenters. The average molecular weight is 358 g/mol. The fraction of sp³-hybridized carbons (Fsp3) is 0.278. The first kappa shape index (κ1) is 18.5. The molecule has 7 heteroatoms. The number of amides is 1. The van der Waals surface area contributed by atoms with E-state index in [4.69, 9.17) is 14.7 Å². The lowest BCUT2D eigenvalue weighted by Crippen LogP contribution is -2.21. The number of esters is 1. The molecule has 0 saturated heterocycles. The summed E-state index contributed by atoms with van der Waals surface area (Å²) in [4.78, 5) is 25.1. The topological polar surface area (TPSA) is 88.4 Å². The number of ether oxygens (including phenoxy) is 2. The second kappa shape index (κ2) is 8.85. The maximum Gasteiger partial charge on any atom is 0.341 e. The van der Waals surface area contributed by atoms with Crippen LogP contribution in [0.25, 0.3) is 0 Å². The van der Waals surface area contributed by atoms with Crippen molar-refractivity contribution in [1.29, 1.82) is 5.26 Å². The zero-order valence-corrected chi connectivity index (χ0v) is 14.8. The molecule has 1 heterocycles. The minimum atomic E-state index is -0.457. The smallest absolute Gasteiger partial charge is 0.341 e. The number of nitrogens with zero attached hydrogens (tertiary/aromatic N) is 1. The average Bonchev–Trinajstić information content (AvgIpc) is 3.03. The number of thiophene rings is 1. The van der Waals surface area contributed by atoms with Gasteiger partial charge in [-0.25, -0.2) is 4.79 Å². The van der Waals surface area contributed by atoms with Crippen LogP contribution in [0.3, 0.4) is 0 Å². The molecule has 0 aliphatic heterocycles. The van der Waals surface area contributed by atoms with E-state index in [9.17, 15) is 9.59 Å². The van der Waals surface area contributed by atoms with Gasteiger partial charge in [-0.15, -0.1) is 11.3 Å². The molecule has 0 aliphatic rings. The van der Waals surface area contributed by atoms with Gasteiger partial charge in [0.15, 0.2) is 6.61 Å². The maximum atomic E-state index is 12.1. The molecular weight excluding hydrogens is 340 g/mol. The van der Waals surface area contributed by atoms with Crippen LogP contribution >= 0.6 is 11.3 Å². The number of hydrogen-bond donors (Lipinski definition) is 1. The van der Waals surface area contributed by atoms with E-state index in [0.717, 1.165) is 11.3 Å². The van der Waals surface area contributed by atoms with Crippen molar-refractivity contribution in [3.63, 3.8) is 0 Å². The van der Waals surface area contributed by atoms with Gasteiger partial charge in [-0.3, -0.25) is 4.79 Å². The fourth-order valence-electron chi connectivity index (χ4n) is 2.01. The van der Waals surface area contributed by atoms with Gasteiger partial charge in [0.25, 0.3) is 5.91 Å². The summed E-state index contributed by atoms with van der Waals surface area (Å²) in [5.41, 5.74) is 0.872. The highest BCUT2D eigenvalue weighted by molar-refractivity contribution is 7.16. The molecule has 0 saturated carbocycles. The van der Waals surface area contributed by atoms with Crippen LogP contribution in [0.4, 0.5) is 5.00 Å². The molecule has 0 spiro atoms. The van der Waals surface area contributed by atoms with Crippen molar-refractivity contribution in [2.45, 2.75) is 20.3 Å². The Balaban J connectivity index is 2.00. The summed E-state index contributed by atoms with van der Waals surface area (Å²) in [5, 5.41) is 11.9. The van der Waals surface area contributed by atoms with Gasteiger partial charge in [-0.2, -0.15) is 5.26 Å². The molecule has 0 radical (unpaired) electrons. The molecule has 1 aromatic heterocycles. The maximum absolute atomic E-state index is 12.1. The van der Waals surface area contributed by atoms with Crippen molar-refractivity contribution in [3.05, 3.63) is 46.3 Å². The van der Waals surface area contributed by atoms with Gasteiger partial charge >= 0.3 is 5.97 Å². The number of anilines is 1. The lowest BCUT2D eigenvalue weighted by molar-refractivity contribution is -0.118. The molecule has 0 aliphatic carbocycles. The molecule has 1 N–H and O–H groups in total. The number of nitriles is 1. The summed E-state index contributed by atoms with van der Waals surface area (Å²) >= 11 is 1.34. The van der Waals surface area contributed by atoms with Crippen molar-refractivity contribution < 1.29 is 19.1 Å². The van der Waals surface area contributed by atoms with E-state index in [2.05, 4.69) is 5.32 Å². The summed E-state index contributed by atoms with van der Waals surface area (Å²) in [5.74, 6) is -0.346. The highest BCUT2D eigenvalue weighted by Gasteiger charge is 2.18. The number of benzene rings is 1. The Morgan fingerprint density at radius 3 is 2.56 bits per heavy atom. The van der Waals surface area contributed by atoms with Gasteiger partial charge < -0.3 is 14.8 Å². The number of hydrogen-bond acceptors (Lipinski definition) is 6. The lowest BCUT2D eigenvalue weighted by Gasteiger charge is -2.08. The molecule has 0 atom stereocenters. The summed E-state index contributed by atoms with van der Waals surface area (Å²) in [6, 6.07) is 10.2. The van der Waals surface area contributed by atoms with E-state index in [1.807, 2.05) is 13.0 Å².